The van der Waals surface area contributed by atoms with Crippen molar-refractivity contribution in [1.29, 1.82) is 0 Å². The third-order valence-corrected chi connectivity index (χ3v) is 13.4. The average molecular weight is 1010 g/mol. The Labute approximate surface area is 446 Å². The van der Waals surface area contributed by atoms with Crippen molar-refractivity contribution in [3.8, 4) is 0 Å². The van der Waals surface area contributed by atoms with Crippen LogP contribution >= 0.6 is 0 Å². The second-order valence-corrected chi connectivity index (χ2v) is 20.6. The number of esters is 3. The molecule has 416 valence electrons. The van der Waals surface area contributed by atoms with E-state index in [1.807, 2.05) is 0 Å². The number of carbonyl (C=O) groups excluding carboxylic acids is 3. The molecule has 0 aliphatic heterocycles. The van der Waals surface area contributed by atoms with Crippen LogP contribution in [0.15, 0.2) is 72.9 Å². The van der Waals surface area contributed by atoms with Crippen molar-refractivity contribution < 1.29 is 28.6 Å². The van der Waals surface area contributed by atoms with Crippen LogP contribution in [0.4, 0.5) is 0 Å². The number of carbonyl (C=O) groups is 3. The minimum absolute atomic E-state index is 0.0890. The van der Waals surface area contributed by atoms with Gasteiger partial charge in [0.25, 0.3) is 0 Å². The van der Waals surface area contributed by atoms with Crippen LogP contribution in [0.5, 0.6) is 0 Å². The monoisotopic (exact) mass is 1000 g/mol. The molecule has 0 heterocycles. The quantitative estimate of drug-likeness (QED) is 0.0261. The van der Waals surface area contributed by atoms with Crippen LogP contribution in [-0.2, 0) is 28.6 Å². The molecular formula is C66H116O6. The molecule has 0 aliphatic rings. The first-order valence-corrected chi connectivity index (χ1v) is 30.9. The number of rotatable bonds is 56. The Hall–Kier alpha value is -3.15. The Balaban J connectivity index is 4.33. The van der Waals surface area contributed by atoms with Crippen molar-refractivity contribution in [2.75, 3.05) is 13.2 Å². The fraction of sp³-hybridized carbons (Fsp3) is 0.773. The maximum Gasteiger partial charge on any atom is 0.306 e. The lowest BCUT2D eigenvalue weighted by atomic mass is 10.0. The lowest BCUT2D eigenvalue weighted by Crippen LogP contribution is -2.30. The van der Waals surface area contributed by atoms with Crippen molar-refractivity contribution in [1.82, 2.24) is 0 Å². The lowest BCUT2D eigenvalue weighted by Gasteiger charge is -2.18. The first kappa shape index (κ1) is 68.8. The van der Waals surface area contributed by atoms with Crippen LogP contribution in [-0.4, -0.2) is 37.2 Å². The molecule has 0 amide bonds. The molecule has 0 rings (SSSR count). The van der Waals surface area contributed by atoms with E-state index < -0.39 is 6.10 Å². The molecule has 0 spiro atoms. The minimum atomic E-state index is -0.795. The normalized spacial score (nSPS) is 12.5. The summed E-state index contributed by atoms with van der Waals surface area (Å²) >= 11 is 0. The molecule has 0 saturated heterocycles. The van der Waals surface area contributed by atoms with Crippen molar-refractivity contribution in [2.24, 2.45) is 0 Å². The summed E-state index contributed by atoms with van der Waals surface area (Å²) in [6, 6.07) is 0. The third-order valence-electron chi connectivity index (χ3n) is 13.4. The second-order valence-electron chi connectivity index (χ2n) is 20.6. The summed E-state index contributed by atoms with van der Waals surface area (Å²) in [7, 11) is 0. The van der Waals surface area contributed by atoms with E-state index >= 15 is 0 Å². The summed E-state index contributed by atoms with van der Waals surface area (Å²) in [6.07, 6.45) is 77.7. The van der Waals surface area contributed by atoms with Gasteiger partial charge in [0, 0.05) is 19.3 Å². The zero-order valence-electron chi connectivity index (χ0n) is 47.7. The van der Waals surface area contributed by atoms with Crippen LogP contribution in [0, 0.1) is 0 Å². The highest BCUT2D eigenvalue weighted by atomic mass is 16.6. The summed E-state index contributed by atoms with van der Waals surface area (Å²) in [5, 5.41) is 0. The number of allylic oxidation sites excluding steroid dienone is 12. The Kier molecular flexibility index (Phi) is 57.8. The van der Waals surface area contributed by atoms with Crippen LogP contribution in [0.3, 0.4) is 0 Å². The van der Waals surface area contributed by atoms with Gasteiger partial charge in [-0.3, -0.25) is 14.4 Å². The van der Waals surface area contributed by atoms with Gasteiger partial charge in [0.2, 0.25) is 0 Å². The van der Waals surface area contributed by atoms with Gasteiger partial charge < -0.3 is 14.2 Å². The molecule has 0 aliphatic carbocycles. The minimum Gasteiger partial charge on any atom is -0.462 e. The summed E-state index contributed by atoms with van der Waals surface area (Å²) in [6.45, 7) is 6.50. The molecule has 0 radical (unpaired) electrons. The summed E-state index contributed by atoms with van der Waals surface area (Å²) in [5.41, 5.74) is 0. The number of hydrogen-bond donors (Lipinski definition) is 0. The Morgan fingerprint density at radius 3 is 0.903 bits per heavy atom. The van der Waals surface area contributed by atoms with E-state index in [9.17, 15) is 14.4 Å². The van der Waals surface area contributed by atoms with Gasteiger partial charge in [-0.25, -0.2) is 0 Å². The van der Waals surface area contributed by atoms with Crippen LogP contribution < -0.4 is 0 Å². The molecule has 0 aromatic heterocycles. The van der Waals surface area contributed by atoms with E-state index in [1.165, 1.54) is 167 Å². The average Bonchev–Trinajstić information content (AvgIpc) is 3.38. The summed E-state index contributed by atoms with van der Waals surface area (Å²) in [5.74, 6) is -0.919. The first-order valence-electron chi connectivity index (χ1n) is 30.9. The van der Waals surface area contributed by atoms with Gasteiger partial charge in [0.1, 0.15) is 13.2 Å². The van der Waals surface area contributed by atoms with E-state index in [0.29, 0.717) is 12.8 Å². The van der Waals surface area contributed by atoms with Gasteiger partial charge in [-0.2, -0.15) is 0 Å². The van der Waals surface area contributed by atoms with E-state index in [1.54, 1.807) is 0 Å². The van der Waals surface area contributed by atoms with Crippen molar-refractivity contribution >= 4 is 17.9 Å². The number of ether oxygens (including phenoxy) is 3. The molecule has 6 heteroatoms. The number of hydrogen-bond acceptors (Lipinski definition) is 6. The van der Waals surface area contributed by atoms with E-state index in [2.05, 4.69) is 93.7 Å². The molecule has 0 aromatic carbocycles. The van der Waals surface area contributed by atoms with Gasteiger partial charge in [0.05, 0.1) is 0 Å². The molecule has 0 aromatic rings. The largest absolute Gasteiger partial charge is 0.462 e. The van der Waals surface area contributed by atoms with Crippen LogP contribution in [0.2, 0.25) is 0 Å². The molecule has 1 unspecified atom stereocenters. The molecule has 0 N–H and O–H groups in total. The zero-order valence-corrected chi connectivity index (χ0v) is 47.7. The highest BCUT2D eigenvalue weighted by Gasteiger charge is 2.19. The summed E-state index contributed by atoms with van der Waals surface area (Å²) < 4.78 is 16.9. The second kappa shape index (κ2) is 60.4. The van der Waals surface area contributed by atoms with Gasteiger partial charge in [0.15, 0.2) is 6.10 Å². The molecule has 0 fully saturated rings. The van der Waals surface area contributed by atoms with Crippen LogP contribution in [0.25, 0.3) is 0 Å². The highest BCUT2D eigenvalue weighted by Crippen LogP contribution is 2.17. The van der Waals surface area contributed by atoms with Gasteiger partial charge in [-0.15, -0.1) is 0 Å². The summed E-state index contributed by atoms with van der Waals surface area (Å²) in [4.78, 5) is 38.2. The molecule has 6 nitrogen and oxygen atoms in total. The lowest BCUT2D eigenvalue weighted by molar-refractivity contribution is -0.167. The molecular weight excluding hydrogens is 889 g/mol. The smallest absolute Gasteiger partial charge is 0.306 e. The molecule has 0 bridgehead atoms. The molecule has 1 atom stereocenters. The fourth-order valence-electron chi connectivity index (χ4n) is 8.82. The number of unbranched alkanes of at least 4 members (excludes halogenated alkanes) is 33. The van der Waals surface area contributed by atoms with E-state index in [-0.39, 0.29) is 37.5 Å². The Morgan fingerprint density at radius 2 is 0.542 bits per heavy atom. The zero-order chi connectivity index (χ0) is 52.2. The highest BCUT2D eigenvalue weighted by molar-refractivity contribution is 5.71. The fourth-order valence-corrected chi connectivity index (χ4v) is 8.82. The van der Waals surface area contributed by atoms with Crippen molar-refractivity contribution in [3.05, 3.63) is 72.9 Å². The first-order chi connectivity index (χ1) is 35.5. The Morgan fingerprint density at radius 1 is 0.292 bits per heavy atom. The van der Waals surface area contributed by atoms with Crippen LogP contribution in [0.1, 0.15) is 310 Å². The van der Waals surface area contributed by atoms with Crippen molar-refractivity contribution in [3.63, 3.8) is 0 Å². The third kappa shape index (κ3) is 57.7. The van der Waals surface area contributed by atoms with Gasteiger partial charge in [-0.1, -0.05) is 273 Å². The maximum absolute atomic E-state index is 12.9. The van der Waals surface area contributed by atoms with E-state index in [0.717, 1.165) is 103 Å². The Bertz CT molecular complexity index is 1340. The molecule has 0 saturated carbocycles. The topological polar surface area (TPSA) is 78.9 Å². The predicted molar refractivity (Wildman–Crippen MR) is 311 cm³/mol. The molecule has 72 heavy (non-hydrogen) atoms. The van der Waals surface area contributed by atoms with Crippen molar-refractivity contribution in [2.45, 2.75) is 316 Å². The maximum atomic E-state index is 12.9. The standard InChI is InChI=1S/C66H116O6/c1-4-7-10-13-16-19-22-25-27-29-31-32-33-34-36-37-39-41-44-47-50-53-56-59-65(68)71-62-63(61-70-64(67)58-55-52-49-46-43-24-21-18-15-12-9-6-3)72-66(69)60-57-54-51-48-45-42-40-38-35-30-28-26-23-20-17-14-11-8-5-2/h8,11,17-18,20-21,26,28,35,38,42,45,63H,4-7,9-10,12-16,19,22-25,27,29-34,36-37,39-41,43-44,46-62H2,1-3H3/b11-8-,20-17-,21-18-,28-26-,38-35-,45-42-. The SMILES string of the molecule is CC/C=C\C/C=C\C/C=C\C/C=C\C/C=C\CCCCCC(=O)OC(COC(=O)CCCCCCC/C=C\CCCCC)COC(=O)CCCCCCCCCCCCCCCCCCCCCCCCC. The van der Waals surface area contributed by atoms with E-state index in [4.69, 9.17) is 14.2 Å². The van der Waals surface area contributed by atoms with Gasteiger partial charge >= 0.3 is 17.9 Å². The predicted octanol–water partition coefficient (Wildman–Crippen LogP) is 20.9. The van der Waals surface area contributed by atoms with Gasteiger partial charge in [-0.05, 0) is 89.9 Å².